The summed E-state index contributed by atoms with van der Waals surface area (Å²) >= 11 is 0. The van der Waals surface area contributed by atoms with Crippen LogP contribution in [0, 0.1) is 10.1 Å². The first-order chi connectivity index (χ1) is 12.2. The lowest BCUT2D eigenvalue weighted by Gasteiger charge is -2.35. The van der Waals surface area contributed by atoms with Crippen LogP contribution >= 0.6 is 0 Å². The van der Waals surface area contributed by atoms with Crippen LogP contribution in [-0.4, -0.2) is 29.3 Å². The quantitative estimate of drug-likeness (QED) is 0.660. The minimum Gasteiger partial charge on any atom is -0.375 e. The molecule has 0 fully saturated rings. The van der Waals surface area contributed by atoms with Crippen LogP contribution in [0.1, 0.15) is 17.5 Å². The van der Waals surface area contributed by atoms with Crippen molar-refractivity contribution in [2.24, 2.45) is 0 Å². The molecule has 0 radical (unpaired) electrons. The van der Waals surface area contributed by atoms with E-state index in [2.05, 4.69) is 0 Å². The number of aliphatic hydroxyl groups is 1. The van der Waals surface area contributed by atoms with Crippen LogP contribution < -0.4 is 4.90 Å². The third kappa shape index (κ3) is 2.80. The number of hydrogen-bond donors (Lipinski definition) is 1. The second kappa shape index (κ2) is 6.28. The molecule has 0 bridgehead atoms. The van der Waals surface area contributed by atoms with Crippen LogP contribution in [0.25, 0.3) is 0 Å². The van der Waals surface area contributed by atoms with Gasteiger partial charge in [0, 0.05) is 30.4 Å². The zero-order chi connectivity index (χ0) is 19.1. The predicted molar refractivity (Wildman–Crippen MR) is 90.0 cm³/mol. The maximum atomic E-state index is 13.9. The van der Waals surface area contributed by atoms with Crippen LogP contribution in [0.15, 0.2) is 48.5 Å². The number of likely N-dealkylation sites (N-methyl/N-ethyl adjacent to an activating group) is 1. The molecule has 0 amide bonds. The van der Waals surface area contributed by atoms with Gasteiger partial charge in [0.1, 0.15) is 0 Å². The van der Waals surface area contributed by atoms with E-state index in [1.165, 1.54) is 18.0 Å². The predicted octanol–water partition coefficient (Wildman–Crippen LogP) is 3.80. The molecule has 0 spiro atoms. The summed E-state index contributed by atoms with van der Waals surface area (Å²) < 4.78 is 41.6. The molecule has 8 heteroatoms. The Labute approximate surface area is 147 Å². The van der Waals surface area contributed by atoms with Gasteiger partial charge in [-0.3, -0.25) is 10.1 Å². The van der Waals surface area contributed by atoms with Gasteiger partial charge in [0.15, 0.2) is 0 Å². The van der Waals surface area contributed by atoms with Crippen LogP contribution in [0.4, 0.5) is 24.5 Å². The molecule has 138 valence electrons. The Morgan fingerprint density at radius 3 is 2.46 bits per heavy atom. The van der Waals surface area contributed by atoms with Gasteiger partial charge in [-0.05, 0) is 24.5 Å². The summed E-state index contributed by atoms with van der Waals surface area (Å²) in [5.41, 5.74) is -3.12. The highest BCUT2D eigenvalue weighted by atomic mass is 19.4. The highest BCUT2D eigenvalue weighted by Crippen LogP contribution is 2.53. The number of halogens is 3. The van der Waals surface area contributed by atoms with Gasteiger partial charge < -0.3 is 10.0 Å². The number of aryl methyl sites for hydroxylation is 1. The number of nitro groups is 1. The van der Waals surface area contributed by atoms with Gasteiger partial charge >= 0.3 is 6.18 Å². The number of non-ortho nitro benzene ring substituents is 1. The Hall–Kier alpha value is -2.61. The van der Waals surface area contributed by atoms with Crippen molar-refractivity contribution < 1.29 is 23.2 Å². The van der Waals surface area contributed by atoms with Gasteiger partial charge in [-0.15, -0.1) is 0 Å². The van der Waals surface area contributed by atoms with Gasteiger partial charge in [0.25, 0.3) is 5.69 Å². The number of rotatable bonds is 4. The molecule has 26 heavy (non-hydrogen) atoms. The molecule has 2 aromatic rings. The summed E-state index contributed by atoms with van der Waals surface area (Å²) in [4.78, 5) is 11.6. The summed E-state index contributed by atoms with van der Waals surface area (Å²) in [5, 5.41) is 21.7. The Morgan fingerprint density at radius 1 is 1.23 bits per heavy atom. The molecule has 0 aliphatic carbocycles. The SMILES string of the molecule is CN1c2ccc([N+](=O)[O-])cc2[C@@](O)(C(F)(F)F)[C@@H]1CCc1ccccc1. The highest BCUT2D eigenvalue weighted by Gasteiger charge is 2.65. The van der Waals surface area contributed by atoms with E-state index in [9.17, 15) is 28.4 Å². The molecule has 2 aromatic carbocycles. The first-order valence-electron chi connectivity index (χ1n) is 8.01. The van der Waals surface area contributed by atoms with Crippen LogP contribution in [0.2, 0.25) is 0 Å². The number of hydrogen-bond acceptors (Lipinski definition) is 4. The number of benzene rings is 2. The first-order valence-corrected chi connectivity index (χ1v) is 8.01. The normalized spacial score (nSPS) is 22.3. The van der Waals surface area contributed by atoms with Gasteiger partial charge in [-0.25, -0.2) is 0 Å². The lowest BCUT2D eigenvalue weighted by Crippen LogP contribution is -2.53. The second-order valence-electron chi connectivity index (χ2n) is 6.37. The number of alkyl halides is 3. The topological polar surface area (TPSA) is 66.6 Å². The fourth-order valence-corrected chi connectivity index (χ4v) is 3.57. The molecule has 3 rings (SSSR count). The maximum Gasteiger partial charge on any atom is 0.423 e. The van der Waals surface area contributed by atoms with E-state index < -0.39 is 34.0 Å². The minimum atomic E-state index is -4.97. The third-order valence-corrected chi connectivity index (χ3v) is 4.91. The van der Waals surface area contributed by atoms with Crippen molar-refractivity contribution >= 4 is 11.4 Å². The first kappa shape index (κ1) is 18.2. The highest BCUT2D eigenvalue weighted by molar-refractivity contribution is 5.66. The fourth-order valence-electron chi connectivity index (χ4n) is 3.57. The monoisotopic (exact) mass is 366 g/mol. The summed E-state index contributed by atoms with van der Waals surface area (Å²) in [6.07, 6.45) is -4.59. The summed E-state index contributed by atoms with van der Waals surface area (Å²) in [7, 11) is 1.46. The van der Waals surface area contributed by atoms with Gasteiger partial charge in [-0.2, -0.15) is 13.2 Å². The average molecular weight is 366 g/mol. The van der Waals surface area contributed by atoms with E-state index in [0.29, 0.717) is 6.42 Å². The molecule has 5 nitrogen and oxygen atoms in total. The molecule has 1 aliphatic rings. The molecular weight excluding hydrogens is 349 g/mol. The molecular formula is C18H17F3N2O3. The van der Waals surface area contributed by atoms with Gasteiger partial charge in [-0.1, -0.05) is 30.3 Å². The number of anilines is 1. The van der Waals surface area contributed by atoms with E-state index in [0.717, 1.165) is 17.7 Å². The molecule has 0 unspecified atom stereocenters. The van der Waals surface area contributed by atoms with E-state index in [1.807, 2.05) is 6.07 Å². The van der Waals surface area contributed by atoms with Crippen molar-refractivity contribution in [3.8, 4) is 0 Å². The Balaban J connectivity index is 2.02. The van der Waals surface area contributed by atoms with Crippen molar-refractivity contribution in [2.45, 2.75) is 30.7 Å². The minimum absolute atomic E-state index is 0.0407. The Bertz CT molecular complexity index is 826. The summed E-state index contributed by atoms with van der Waals surface area (Å²) in [6.45, 7) is 0. The van der Waals surface area contributed by atoms with E-state index >= 15 is 0 Å². The van der Waals surface area contributed by atoms with Crippen molar-refractivity contribution in [1.29, 1.82) is 0 Å². The lowest BCUT2D eigenvalue weighted by molar-refractivity contribution is -0.385. The molecule has 0 saturated heterocycles. The molecule has 1 aliphatic heterocycles. The standard InChI is InChI=1S/C18H17F3N2O3/c1-22-15-9-8-13(23(25)26)11-14(15)17(24,18(19,20)21)16(22)10-7-12-5-3-2-4-6-12/h2-6,8-9,11,16,24H,7,10H2,1H3/t16-,17-/m0/s1. The summed E-state index contributed by atoms with van der Waals surface area (Å²) in [5.74, 6) is 0. The number of nitro benzene ring substituents is 1. The largest absolute Gasteiger partial charge is 0.423 e. The lowest BCUT2D eigenvalue weighted by atomic mass is 9.85. The summed E-state index contributed by atoms with van der Waals surface area (Å²) in [6, 6.07) is 11.0. The van der Waals surface area contributed by atoms with E-state index in [1.54, 1.807) is 24.3 Å². The Kier molecular flexibility index (Phi) is 4.39. The molecule has 2 atom stereocenters. The average Bonchev–Trinajstić information content (AvgIpc) is 2.82. The zero-order valence-electron chi connectivity index (χ0n) is 13.9. The van der Waals surface area contributed by atoms with Gasteiger partial charge in [0.2, 0.25) is 5.60 Å². The van der Waals surface area contributed by atoms with Crippen molar-refractivity contribution in [2.75, 3.05) is 11.9 Å². The second-order valence-corrected chi connectivity index (χ2v) is 6.37. The third-order valence-electron chi connectivity index (χ3n) is 4.91. The van der Waals surface area contributed by atoms with Crippen LogP contribution in [0.3, 0.4) is 0 Å². The van der Waals surface area contributed by atoms with Crippen molar-refractivity contribution in [3.05, 3.63) is 69.8 Å². The van der Waals surface area contributed by atoms with Crippen LogP contribution in [0.5, 0.6) is 0 Å². The zero-order valence-corrected chi connectivity index (χ0v) is 13.9. The fraction of sp³-hybridized carbons (Fsp3) is 0.333. The van der Waals surface area contributed by atoms with E-state index in [4.69, 9.17) is 0 Å². The smallest absolute Gasteiger partial charge is 0.375 e. The molecule has 1 heterocycles. The number of nitrogens with zero attached hydrogens (tertiary/aromatic N) is 2. The van der Waals surface area contributed by atoms with E-state index in [-0.39, 0.29) is 12.1 Å². The van der Waals surface area contributed by atoms with Gasteiger partial charge in [0.05, 0.1) is 11.0 Å². The maximum absolute atomic E-state index is 13.9. The van der Waals surface area contributed by atoms with Crippen molar-refractivity contribution in [3.63, 3.8) is 0 Å². The molecule has 1 N–H and O–H groups in total. The Morgan fingerprint density at radius 2 is 1.88 bits per heavy atom. The number of fused-ring (bicyclic) bond motifs is 1. The van der Waals surface area contributed by atoms with Crippen molar-refractivity contribution in [1.82, 2.24) is 0 Å². The molecule has 0 aromatic heterocycles. The molecule has 0 saturated carbocycles. The van der Waals surface area contributed by atoms with Crippen LogP contribution in [-0.2, 0) is 12.0 Å².